The first kappa shape index (κ1) is 13.7. The van der Waals surface area contributed by atoms with Gasteiger partial charge in [-0.05, 0) is 12.5 Å². The number of amides is 1. The molecule has 0 bridgehead atoms. The lowest BCUT2D eigenvalue weighted by Gasteiger charge is -2.15. The van der Waals surface area contributed by atoms with Gasteiger partial charge in [0, 0.05) is 13.2 Å². The highest BCUT2D eigenvalue weighted by molar-refractivity contribution is 5.76. The normalized spacial score (nSPS) is 14.1. The summed E-state index contributed by atoms with van der Waals surface area (Å²) in [7, 11) is 1.58. The molecule has 2 unspecified atom stereocenters. The van der Waals surface area contributed by atoms with Gasteiger partial charge in [-0.15, -0.1) is 0 Å². The van der Waals surface area contributed by atoms with Crippen LogP contribution in [0, 0.1) is 0 Å². The zero-order valence-corrected chi connectivity index (χ0v) is 10.2. The Balaban J connectivity index is 2.41. The van der Waals surface area contributed by atoms with Crippen LogP contribution in [0.4, 0.5) is 0 Å². The van der Waals surface area contributed by atoms with Crippen molar-refractivity contribution in [1.82, 2.24) is 5.32 Å². The van der Waals surface area contributed by atoms with Crippen LogP contribution < -0.4 is 5.32 Å². The number of aliphatic hydroxyl groups excluding tert-OH is 1. The van der Waals surface area contributed by atoms with E-state index < -0.39 is 6.10 Å². The lowest BCUT2D eigenvalue weighted by Crippen LogP contribution is -2.36. The van der Waals surface area contributed by atoms with Crippen molar-refractivity contribution in [3.8, 4) is 0 Å². The number of hydrogen-bond acceptors (Lipinski definition) is 3. The number of rotatable bonds is 6. The van der Waals surface area contributed by atoms with E-state index in [9.17, 15) is 9.90 Å². The summed E-state index contributed by atoms with van der Waals surface area (Å²) in [5.41, 5.74) is 0.752. The van der Waals surface area contributed by atoms with E-state index in [2.05, 4.69) is 5.32 Å². The Morgan fingerprint density at radius 3 is 2.65 bits per heavy atom. The molecule has 0 fully saturated rings. The van der Waals surface area contributed by atoms with Gasteiger partial charge in [-0.2, -0.15) is 0 Å². The Bertz CT molecular complexity index is 340. The summed E-state index contributed by atoms with van der Waals surface area (Å²) in [4.78, 5) is 11.6. The molecule has 1 rings (SSSR count). The summed E-state index contributed by atoms with van der Waals surface area (Å²) < 4.78 is 4.92. The second-order valence-corrected chi connectivity index (χ2v) is 4.05. The largest absolute Gasteiger partial charge is 0.388 e. The quantitative estimate of drug-likeness (QED) is 0.783. The zero-order chi connectivity index (χ0) is 12.7. The fourth-order valence-corrected chi connectivity index (χ4v) is 1.59. The van der Waals surface area contributed by atoms with Crippen molar-refractivity contribution in [2.24, 2.45) is 0 Å². The van der Waals surface area contributed by atoms with Gasteiger partial charge < -0.3 is 15.2 Å². The van der Waals surface area contributed by atoms with Crippen LogP contribution in [-0.4, -0.2) is 30.8 Å². The van der Waals surface area contributed by atoms with Crippen molar-refractivity contribution < 1.29 is 14.6 Å². The van der Waals surface area contributed by atoms with E-state index >= 15 is 0 Å². The van der Waals surface area contributed by atoms with Gasteiger partial charge in [0.05, 0.1) is 19.1 Å². The van der Waals surface area contributed by atoms with Gasteiger partial charge in [-0.25, -0.2) is 0 Å². The summed E-state index contributed by atoms with van der Waals surface area (Å²) in [5, 5.41) is 12.6. The minimum absolute atomic E-state index is 0.0459. The molecule has 0 saturated carbocycles. The second kappa shape index (κ2) is 7.04. The third-order valence-corrected chi connectivity index (χ3v) is 2.39. The molecule has 4 nitrogen and oxygen atoms in total. The van der Waals surface area contributed by atoms with Crippen molar-refractivity contribution in [3.05, 3.63) is 35.9 Å². The molecule has 0 aliphatic heterocycles. The molecular weight excluding hydrogens is 218 g/mol. The highest BCUT2D eigenvalue weighted by Gasteiger charge is 2.14. The van der Waals surface area contributed by atoms with Gasteiger partial charge in [-0.3, -0.25) is 4.79 Å². The number of carbonyl (C=O) groups is 1. The van der Waals surface area contributed by atoms with Crippen LogP contribution in [0.25, 0.3) is 0 Å². The van der Waals surface area contributed by atoms with E-state index in [-0.39, 0.29) is 18.4 Å². The maximum absolute atomic E-state index is 11.6. The monoisotopic (exact) mass is 237 g/mol. The fraction of sp³-hybridized carbons (Fsp3) is 0.462. The maximum atomic E-state index is 11.6. The molecule has 0 spiro atoms. The van der Waals surface area contributed by atoms with Crippen molar-refractivity contribution in [3.63, 3.8) is 0 Å². The van der Waals surface area contributed by atoms with E-state index in [1.165, 1.54) is 0 Å². The topological polar surface area (TPSA) is 58.6 Å². The first-order valence-corrected chi connectivity index (χ1v) is 5.64. The number of nitrogens with one attached hydrogen (secondary N) is 1. The first-order valence-electron chi connectivity index (χ1n) is 5.64. The predicted molar refractivity (Wildman–Crippen MR) is 65.5 cm³/mol. The third kappa shape index (κ3) is 4.97. The molecule has 1 aromatic rings. The SMILES string of the molecule is COCC(C)NC(=O)CC(O)c1ccccc1. The zero-order valence-electron chi connectivity index (χ0n) is 10.2. The van der Waals surface area contributed by atoms with E-state index in [0.717, 1.165) is 5.56 Å². The van der Waals surface area contributed by atoms with Gasteiger partial charge in [0.15, 0.2) is 0 Å². The molecule has 17 heavy (non-hydrogen) atoms. The summed E-state index contributed by atoms with van der Waals surface area (Å²) in [6.45, 7) is 2.32. The van der Waals surface area contributed by atoms with Crippen LogP contribution in [0.3, 0.4) is 0 Å². The van der Waals surface area contributed by atoms with Crippen LogP contribution in [-0.2, 0) is 9.53 Å². The number of aliphatic hydroxyl groups is 1. The molecule has 4 heteroatoms. The Morgan fingerprint density at radius 1 is 1.41 bits per heavy atom. The van der Waals surface area contributed by atoms with Crippen LogP contribution >= 0.6 is 0 Å². The minimum atomic E-state index is -0.758. The van der Waals surface area contributed by atoms with E-state index in [0.29, 0.717) is 6.61 Å². The van der Waals surface area contributed by atoms with Gasteiger partial charge in [0.2, 0.25) is 5.91 Å². The molecule has 0 radical (unpaired) electrons. The predicted octanol–water partition coefficient (Wildman–Crippen LogP) is 1.26. The molecule has 0 heterocycles. The average Bonchev–Trinajstić information content (AvgIpc) is 2.30. The van der Waals surface area contributed by atoms with Gasteiger partial charge >= 0.3 is 0 Å². The average molecular weight is 237 g/mol. The van der Waals surface area contributed by atoms with E-state index in [1.807, 2.05) is 25.1 Å². The number of ether oxygens (including phenoxy) is 1. The summed E-state index contributed by atoms with van der Waals surface area (Å²) in [6, 6.07) is 9.10. The summed E-state index contributed by atoms with van der Waals surface area (Å²) in [6.07, 6.45) is -0.691. The van der Waals surface area contributed by atoms with Gasteiger partial charge in [-0.1, -0.05) is 30.3 Å². The second-order valence-electron chi connectivity index (χ2n) is 4.05. The van der Waals surface area contributed by atoms with Crippen LogP contribution in [0.5, 0.6) is 0 Å². The Kier molecular flexibility index (Phi) is 5.66. The number of hydrogen-bond donors (Lipinski definition) is 2. The number of benzene rings is 1. The summed E-state index contributed by atoms with van der Waals surface area (Å²) >= 11 is 0. The van der Waals surface area contributed by atoms with E-state index in [4.69, 9.17) is 4.74 Å². The highest BCUT2D eigenvalue weighted by atomic mass is 16.5. The highest BCUT2D eigenvalue weighted by Crippen LogP contribution is 2.15. The molecular formula is C13H19NO3. The lowest BCUT2D eigenvalue weighted by molar-refractivity contribution is -0.124. The standard InChI is InChI=1S/C13H19NO3/c1-10(9-17-2)14-13(16)8-12(15)11-6-4-3-5-7-11/h3-7,10,12,15H,8-9H2,1-2H3,(H,14,16). The Morgan fingerprint density at radius 2 is 2.06 bits per heavy atom. The molecule has 0 aromatic heterocycles. The number of methoxy groups -OCH3 is 1. The van der Waals surface area contributed by atoms with Crippen LogP contribution in [0.15, 0.2) is 30.3 Å². The fourth-order valence-electron chi connectivity index (χ4n) is 1.59. The molecule has 94 valence electrons. The van der Waals surface area contributed by atoms with Gasteiger partial charge in [0.1, 0.15) is 0 Å². The molecule has 0 aliphatic carbocycles. The van der Waals surface area contributed by atoms with Gasteiger partial charge in [0.25, 0.3) is 0 Å². The molecule has 2 N–H and O–H groups in total. The third-order valence-electron chi connectivity index (χ3n) is 2.39. The first-order chi connectivity index (χ1) is 8.13. The van der Waals surface area contributed by atoms with Crippen LogP contribution in [0.1, 0.15) is 25.0 Å². The van der Waals surface area contributed by atoms with Crippen molar-refractivity contribution in [2.75, 3.05) is 13.7 Å². The van der Waals surface area contributed by atoms with Crippen LogP contribution in [0.2, 0.25) is 0 Å². The summed E-state index contributed by atoms with van der Waals surface area (Å²) in [5.74, 6) is -0.175. The molecule has 0 saturated heterocycles. The Hall–Kier alpha value is -1.39. The number of carbonyl (C=O) groups excluding carboxylic acids is 1. The van der Waals surface area contributed by atoms with E-state index in [1.54, 1.807) is 19.2 Å². The molecule has 1 aromatic carbocycles. The molecule has 0 aliphatic rings. The molecule has 1 amide bonds. The minimum Gasteiger partial charge on any atom is -0.388 e. The van der Waals surface area contributed by atoms with Crippen molar-refractivity contribution in [2.45, 2.75) is 25.5 Å². The van der Waals surface area contributed by atoms with Crippen molar-refractivity contribution >= 4 is 5.91 Å². The lowest BCUT2D eigenvalue weighted by atomic mass is 10.1. The Labute approximate surface area is 102 Å². The van der Waals surface area contributed by atoms with Crippen molar-refractivity contribution in [1.29, 1.82) is 0 Å². The molecule has 2 atom stereocenters. The smallest absolute Gasteiger partial charge is 0.223 e. The maximum Gasteiger partial charge on any atom is 0.223 e.